The summed E-state index contributed by atoms with van der Waals surface area (Å²) in [4.78, 5) is 25.2. The molecule has 0 unspecified atom stereocenters. The molecule has 1 saturated heterocycles. The van der Waals surface area contributed by atoms with Crippen molar-refractivity contribution in [3.63, 3.8) is 0 Å². The molecule has 2 rings (SSSR count). The first-order valence-corrected chi connectivity index (χ1v) is 7.88. The summed E-state index contributed by atoms with van der Waals surface area (Å²) in [5.74, 6) is 0. The third kappa shape index (κ3) is 5.42. The molecule has 2 N–H and O–H groups in total. The number of carbonyl (C=O) groups excluding carboxylic acids is 2. The van der Waals surface area contributed by atoms with E-state index >= 15 is 0 Å². The molecule has 7 nitrogen and oxygen atoms in total. The van der Waals surface area contributed by atoms with Gasteiger partial charge >= 0.3 is 12.2 Å². The van der Waals surface area contributed by atoms with E-state index in [-0.39, 0.29) is 19.7 Å². The number of nitrogens with zero attached hydrogens (tertiary/aromatic N) is 1. The van der Waals surface area contributed by atoms with Crippen LogP contribution in [0, 0.1) is 0 Å². The molecule has 24 heavy (non-hydrogen) atoms. The van der Waals surface area contributed by atoms with E-state index < -0.39 is 29.9 Å². The van der Waals surface area contributed by atoms with Crippen LogP contribution in [-0.4, -0.2) is 53.0 Å². The summed E-state index contributed by atoms with van der Waals surface area (Å²) < 4.78 is 10.4. The van der Waals surface area contributed by atoms with Crippen LogP contribution in [0.5, 0.6) is 0 Å². The molecule has 1 aliphatic heterocycles. The summed E-state index contributed by atoms with van der Waals surface area (Å²) in [7, 11) is 0. The molecular weight excluding hydrogens is 312 g/mol. The first kappa shape index (κ1) is 18.1. The van der Waals surface area contributed by atoms with Crippen molar-refractivity contribution in [3.8, 4) is 0 Å². The summed E-state index contributed by atoms with van der Waals surface area (Å²) in [6, 6.07) is 8.71. The fourth-order valence-corrected chi connectivity index (χ4v) is 2.32. The van der Waals surface area contributed by atoms with Gasteiger partial charge in [0.15, 0.2) is 0 Å². The molecule has 7 heteroatoms. The van der Waals surface area contributed by atoms with Crippen molar-refractivity contribution in [2.45, 2.75) is 45.1 Å². The highest BCUT2D eigenvalue weighted by atomic mass is 16.6. The Hall–Kier alpha value is -2.28. The molecule has 0 aromatic heterocycles. The van der Waals surface area contributed by atoms with E-state index in [1.807, 2.05) is 30.3 Å². The zero-order chi connectivity index (χ0) is 17.7. The third-order valence-electron chi connectivity index (χ3n) is 3.46. The SMILES string of the molecule is CC(C)(C)OC(=O)N1C[C@H](NC(=O)OCc2ccccc2)[C@@H](O)C1. The van der Waals surface area contributed by atoms with Gasteiger partial charge in [-0.1, -0.05) is 30.3 Å². The van der Waals surface area contributed by atoms with Gasteiger partial charge in [0.05, 0.1) is 18.7 Å². The number of hydrogen-bond acceptors (Lipinski definition) is 5. The number of amides is 2. The number of benzene rings is 1. The van der Waals surface area contributed by atoms with Crippen LogP contribution in [0.25, 0.3) is 0 Å². The minimum atomic E-state index is -0.859. The molecule has 0 spiro atoms. The number of nitrogens with one attached hydrogen (secondary N) is 1. The molecule has 0 aliphatic carbocycles. The lowest BCUT2D eigenvalue weighted by Crippen LogP contribution is -2.43. The third-order valence-corrected chi connectivity index (χ3v) is 3.46. The Balaban J connectivity index is 1.80. The first-order valence-electron chi connectivity index (χ1n) is 7.88. The van der Waals surface area contributed by atoms with E-state index in [2.05, 4.69) is 5.32 Å². The monoisotopic (exact) mass is 336 g/mol. The van der Waals surface area contributed by atoms with Gasteiger partial charge in [-0.05, 0) is 26.3 Å². The van der Waals surface area contributed by atoms with E-state index in [4.69, 9.17) is 9.47 Å². The molecule has 1 heterocycles. The van der Waals surface area contributed by atoms with Gasteiger partial charge in [0, 0.05) is 6.54 Å². The largest absolute Gasteiger partial charge is 0.445 e. The van der Waals surface area contributed by atoms with Crippen molar-refractivity contribution in [1.29, 1.82) is 0 Å². The predicted molar refractivity (Wildman–Crippen MR) is 87.4 cm³/mol. The standard InChI is InChI=1S/C17H24N2O5/c1-17(2,3)24-16(22)19-9-13(14(20)10-19)18-15(21)23-11-12-7-5-4-6-8-12/h4-8,13-14,20H,9-11H2,1-3H3,(H,18,21)/t13-,14-/m0/s1. The average molecular weight is 336 g/mol. The number of rotatable bonds is 3. The van der Waals surface area contributed by atoms with Gasteiger partial charge in [0.2, 0.25) is 0 Å². The lowest BCUT2D eigenvalue weighted by Gasteiger charge is -2.24. The van der Waals surface area contributed by atoms with E-state index in [1.54, 1.807) is 20.8 Å². The smallest absolute Gasteiger partial charge is 0.410 e. The van der Waals surface area contributed by atoms with Gasteiger partial charge in [-0.15, -0.1) is 0 Å². The molecule has 1 aromatic carbocycles. The molecule has 0 radical (unpaired) electrons. The quantitative estimate of drug-likeness (QED) is 0.880. The maximum atomic E-state index is 12.0. The molecule has 0 bridgehead atoms. The average Bonchev–Trinajstić information content (AvgIpc) is 2.86. The van der Waals surface area contributed by atoms with E-state index in [1.165, 1.54) is 4.90 Å². The lowest BCUT2D eigenvalue weighted by atomic mass is 10.2. The highest BCUT2D eigenvalue weighted by molar-refractivity contribution is 5.70. The van der Waals surface area contributed by atoms with Crippen LogP contribution in [0.3, 0.4) is 0 Å². The molecule has 132 valence electrons. The van der Waals surface area contributed by atoms with Crippen LogP contribution < -0.4 is 5.32 Å². The summed E-state index contributed by atoms with van der Waals surface area (Å²) in [6.45, 7) is 5.75. The molecule has 2 amide bonds. The van der Waals surface area contributed by atoms with Crippen LogP contribution >= 0.6 is 0 Å². The molecule has 2 atom stereocenters. The van der Waals surface area contributed by atoms with Gasteiger partial charge < -0.3 is 24.8 Å². The number of aliphatic hydroxyl groups excluding tert-OH is 1. The number of hydrogen-bond donors (Lipinski definition) is 2. The number of aliphatic hydroxyl groups is 1. The second-order valence-electron chi connectivity index (χ2n) is 6.77. The zero-order valence-electron chi connectivity index (χ0n) is 14.2. The minimum Gasteiger partial charge on any atom is -0.445 e. The van der Waals surface area contributed by atoms with Crippen LogP contribution in [0.2, 0.25) is 0 Å². The Morgan fingerprint density at radius 2 is 1.92 bits per heavy atom. The maximum absolute atomic E-state index is 12.0. The molecule has 1 aliphatic rings. The Morgan fingerprint density at radius 1 is 1.25 bits per heavy atom. The van der Waals surface area contributed by atoms with Crippen molar-refractivity contribution >= 4 is 12.2 Å². The highest BCUT2D eigenvalue weighted by Crippen LogP contribution is 2.16. The normalized spacial score (nSPS) is 20.6. The van der Waals surface area contributed by atoms with Crippen molar-refractivity contribution < 1.29 is 24.2 Å². The summed E-state index contributed by atoms with van der Waals surface area (Å²) in [6.07, 6.45) is -2.00. The number of carbonyl (C=O) groups is 2. The summed E-state index contributed by atoms with van der Waals surface area (Å²) >= 11 is 0. The van der Waals surface area contributed by atoms with Crippen LogP contribution in [0.4, 0.5) is 9.59 Å². The van der Waals surface area contributed by atoms with Gasteiger partial charge in [-0.3, -0.25) is 0 Å². The van der Waals surface area contributed by atoms with E-state index in [9.17, 15) is 14.7 Å². The van der Waals surface area contributed by atoms with Crippen molar-refractivity contribution in [3.05, 3.63) is 35.9 Å². The van der Waals surface area contributed by atoms with Crippen LogP contribution in [-0.2, 0) is 16.1 Å². The number of likely N-dealkylation sites (tertiary alicyclic amines) is 1. The lowest BCUT2D eigenvalue weighted by molar-refractivity contribution is 0.0269. The van der Waals surface area contributed by atoms with Gasteiger partial charge in [-0.25, -0.2) is 9.59 Å². The summed E-state index contributed by atoms with van der Waals surface area (Å²) in [5.41, 5.74) is 0.261. The van der Waals surface area contributed by atoms with Gasteiger partial charge in [0.25, 0.3) is 0 Å². The fourth-order valence-electron chi connectivity index (χ4n) is 2.32. The second kappa shape index (κ2) is 7.53. The number of β-amino-alcohol motifs (C(OH)–C–C–N with tert-alkyl or cyclic N) is 1. The topological polar surface area (TPSA) is 88.1 Å². The van der Waals surface area contributed by atoms with Gasteiger partial charge in [-0.2, -0.15) is 0 Å². The van der Waals surface area contributed by atoms with Crippen molar-refractivity contribution in [2.24, 2.45) is 0 Å². The predicted octanol–water partition coefficient (Wildman–Crippen LogP) is 1.89. The highest BCUT2D eigenvalue weighted by Gasteiger charge is 2.37. The first-order chi connectivity index (χ1) is 11.2. The molecule has 1 fully saturated rings. The Morgan fingerprint density at radius 3 is 2.54 bits per heavy atom. The Labute approximate surface area is 141 Å². The summed E-state index contributed by atoms with van der Waals surface area (Å²) in [5, 5.41) is 12.6. The Bertz CT molecular complexity index is 570. The molecule has 0 saturated carbocycles. The van der Waals surface area contributed by atoms with Crippen LogP contribution in [0.1, 0.15) is 26.3 Å². The van der Waals surface area contributed by atoms with Crippen LogP contribution in [0.15, 0.2) is 30.3 Å². The second-order valence-corrected chi connectivity index (χ2v) is 6.77. The van der Waals surface area contributed by atoms with E-state index in [0.29, 0.717) is 0 Å². The zero-order valence-corrected chi connectivity index (χ0v) is 14.2. The number of alkyl carbamates (subject to hydrolysis) is 1. The molecular formula is C17H24N2O5. The number of ether oxygens (including phenoxy) is 2. The van der Waals surface area contributed by atoms with Crippen molar-refractivity contribution in [1.82, 2.24) is 10.2 Å². The van der Waals surface area contributed by atoms with E-state index in [0.717, 1.165) is 5.56 Å². The fraction of sp³-hybridized carbons (Fsp3) is 0.529. The molecule has 1 aromatic rings. The minimum absolute atomic E-state index is 0.110. The van der Waals surface area contributed by atoms with Crippen molar-refractivity contribution in [2.75, 3.05) is 13.1 Å². The Kier molecular flexibility index (Phi) is 5.66. The van der Waals surface area contributed by atoms with Gasteiger partial charge in [0.1, 0.15) is 12.2 Å². The maximum Gasteiger partial charge on any atom is 0.410 e.